The van der Waals surface area contributed by atoms with Crippen LogP contribution in [0.15, 0.2) is 267 Å². The summed E-state index contributed by atoms with van der Waals surface area (Å²) in [5.41, 5.74) is 12.3. The maximum absolute atomic E-state index is 13.3. The van der Waals surface area contributed by atoms with E-state index in [0.717, 1.165) is 211 Å². The zero-order valence-corrected chi connectivity index (χ0v) is 86.9. The number of carbonyl (C=O) groups excluding carboxylic acids is 9. The van der Waals surface area contributed by atoms with Gasteiger partial charge in [0.25, 0.3) is 0 Å². The minimum atomic E-state index is -3.15. The number of thioether (sulfide) groups is 1. The number of nitrogens with zero attached hydrogens (tertiary/aromatic N) is 6. The fraction of sp³-hybridized carbons (Fsp3) is 0.336. The Morgan fingerprint density at radius 1 is 0.459 bits per heavy atom. The Morgan fingerprint density at radius 3 is 1.23 bits per heavy atom. The number of ketones is 9. The number of anilines is 1. The van der Waals surface area contributed by atoms with E-state index in [4.69, 9.17) is 30.5 Å². The molecule has 0 bridgehead atoms. The summed E-state index contributed by atoms with van der Waals surface area (Å²) < 4.78 is 73.0. The molecule has 0 unspecified atom stereocenters. The van der Waals surface area contributed by atoms with Gasteiger partial charge in [-0.15, -0.1) is 16.9 Å². The number of sulfone groups is 1. The summed E-state index contributed by atoms with van der Waals surface area (Å²) in [6, 6.07) is 52.0. The number of rotatable bonds is 34. The third kappa shape index (κ3) is 39.1. The van der Waals surface area contributed by atoms with Gasteiger partial charge in [0.2, 0.25) is 0 Å². The van der Waals surface area contributed by atoms with Crippen LogP contribution < -0.4 is 19.1 Å². The number of benzene rings is 8. The van der Waals surface area contributed by atoms with E-state index in [9.17, 15) is 60.3 Å². The lowest BCUT2D eigenvalue weighted by molar-refractivity contribution is -0.116. The zero-order chi connectivity index (χ0) is 103. The predicted octanol–water partition coefficient (Wildman–Crippen LogP) is 25.0. The van der Waals surface area contributed by atoms with Gasteiger partial charge in [0.1, 0.15) is 23.9 Å². The number of aryl methyl sites for hydroxylation is 1. The smallest absolute Gasteiger partial charge is 0.175 e. The van der Waals surface area contributed by atoms with E-state index in [1.54, 1.807) is 133 Å². The van der Waals surface area contributed by atoms with Crippen molar-refractivity contribution in [1.82, 2.24) is 9.78 Å². The Labute approximate surface area is 871 Å². The molecule has 0 spiro atoms. The fourth-order valence-corrected chi connectivity index (χ4v) is 16.1. The van der Waals surface area contributed by atoms with Crippen LogP contribution in [-0.2, 0) is 71.2 Å². The molecule has 10 fully saturated rings. The maximum Gasteiger partial charge on any atom is 0.175 e. The van der Waals surface area contributed by atoms with Crippen molar-refractivity contribution in [1.29, 1.82) is 0 Å². The molecule has 0 radical (unpaired) electrons. The molecule has 1 saturated heterocycles. The summed E-state index contributed by atoms with van der Waals surface area (Å²) in [7, 11) is 0.331. The van der Waals surface area contributed by atoms with Crippen LogP contribution in [0, 0.1) is 64.9 Å². The van der Waals surface area contributed by atoms with Crippen molar-refractivity contribution in [2.45, 2.75) is 139 Å². The Hall–Kier alpha value is -13.0. The van der Waals surface area contributed by atoms with E-state index >= 15 is 0 Å². The van der Waals surface area contributed by atoms with Crippen molar-refractivity contribution in [3.05, 3.63) is 319 Å². The summed E-state index contributed by atoms with van der Waals surface area (Å²) in [6.07, 6.45) is 57.2. The molecule has 1 aromatic heterocycles. The summed E-state index contributed by atoms with van der Waals surface area (Å²) in [6.45, 7) is 7.36. The number of hydrogen-bond donors (Lipinski definition) is 0. The van der Waals surface area contributed by atoms with E-state index in [1.807, 2.05) is 123 Å². The minimum Gasteiger partial charge on any atom is -0.493 e. The number of halogens is 4. The van der Waals surface area contributed by atoms with Crippen LogP contribution in [0.1, 0.15) is 184 Å². The van der Waals surface area contributed by atoms with E-state index in [2.05, 4.69) is 90.1 Å². The summed E-state index contributed by atoms with van der Waals surface area (Å²) in [4.78, 5) is 107. The molecule has 760 valence electrons. The molecule has 8 aromatic carbocycles. The monoisotopic (exact) mass is 2090 g/mol. The van der Waals surface area contributed by atoms with Crippen LogP contribution in [0.5, 0.6) is 17.2 Å². The highest BCUT2D eigenvalue weighted by atomic mass is 79.9. The number of ether oxygens (including phenoxy) is 4. The van der Waals surface area contributed by atoms with Gasteiger partial charge in [-0.25, -0.2) is 17.2 Å². The highest BCUT2D eigenvalue weighted by molar-refractivity contribution is 9.10. The Kier molecular flexibility index (Phi) is 41.9. The average Bonchev–Trinajstić information content (AvgIpc) is 1.68. The zero-order valence-electron chi connectivity index (χ0n) is 82.9. The first-order valence-corrected chi connectivity index (χ1v) is 54.2. The molecule has 3 aliphatic heterocycles. The highest BCUT2D eigenvalue weighted by Crippen LogP contribution is 2.39. The van der Waals surface area contributed by atoms with E-state index in [-0.39, 0.29) is 87.5 Å². The lowest BCUT2D eigenvalue weighted by Crippen LogP contribution is -2.36. The van der Waals surface area contributed by atoms with Gasteiger partial charge in [-0.3, -0.25) is 47.8 Å². The third-order valence-electron chi connectivity index (χ3n) is 25.0. The van der Waals surface area contributed by atoms with E-state index in [1.165, 1.54) is 52.8 Å². The summed E-state index contributed by atoms with van der Waals surface area (Å²) in [5, 5.41) is 15.7. The van der Waals surface area contributed by atoms with Crippen LogP contribution in [0.2, 0.25) is 5.02 Å². The summed E-state index contributed by atoms with van der Waals surface area (Å²) >= 11 is 10.5. The van der Waals surface area contributed by atoms with Crippen molar-refractivity contribution in [2.24, 2.45) is 75.7 Å². The van der Waals surface area contributed by atoms with Crippen LogP contribution in [0.3, 0.4) is 0 Å². The van der Waals surface area contributed by atoms with E-state index < -0.39 is 15.7 Å². The molecule has 27 heteroatoms. The maximum atomic E-state index is 13.3. The second-order valence-electron chi connectivity index (χ2n) is 37.5. The Morgan fingerprint density at radius 2 is 0.842 bits per heavy atom. The van der Waals surface area contributed by atoms with Gasteiger partial charge in [0.05, 0.1) is 50.3 Å². The van der Waals surface area contributed by atoms with Crippen LogP contribution in [0.25, 0.3) is 54.7 Å². The number of morpholine rings is 1. The topological polar surface area (TPSA) is 283 Å². The lowest BCUT2D eigenvalue weighted by Gasteiger charge is -2.28. The van der Waals surface area contributed by atoms with Gasteiger partial charge in [-0.1, -0.05) is 149 Å². The average molecular weight is 2100 g/mol. The van der Waals surface area contributed by atoms with Gasteiger partial charge in [-0.2, -0.15) is 10.2 Å². The molecule has 9 aliphatic carbocycles. The van der Waals surface area contributed by atoms with Crippen molar-refractivity contribution < 1.29 is 79.3 Å². The Balaban J connectivity index is 0.000000138. The predicted molar refractivity (Wildman–Crippen MR) is 579 cm³/mol. The van der Waals surface area contributed by atoms with Gasteiger partial charge in [-0.05, 0) is 336 Å². The quantitative estimate of drug-likeness (QED) is 0.0267. The van der Waals surface area contributed by atoms with Gasteiger partial charge < -0.3 is 23.8 Å². The normalized spacial score (nSPS) is 17.0. The molecule has 9 saturated carbocycles. The number of hydrogen-bond acceptors (Lipinski definition) is 21. The van der Waals surface area contributed by atoms with Gasteiger partial charge in [0, 0.05) is 129 Å². The second kappa shape index (κ2) is 55.5. The molecule has 146 heavy (non-hydrogen) atoms. The largest absolute Gasteiger partial charge is 0.493 e. The first-order valence-electron chi connectivity index (χ1n) is 49.9. The molecule has 0 atom stereocenters. The van der Waals surface area contributed by atoms with Crippen LogP contribution >= 0.6 is 39.3 Å². The van der Waals surface area contributed by atoms with Gasteiger partial charge >= 0.3 is 0 Å². The van der Waals surface area contributed by atoms with E-state index in [0.29, 0.717) is 73.8 Å². The highest BCUT2D eigenvalue weighted by Gasteiger charge is 2.34. The van der Waals surface area contributed by atoms with Crippen molar-refractivity contribution >= 4 is 167 Å². The second-order valence-corrected chi connectivity index (χ2v) is 41.8. The molecule has 0 N–H and O–H groups in total. The SMILES string of the molecule is CCOc1cc(/C=C/C(=O)C2CC2)ccc1OC.CS(=O)(=O)c1ccc(/C=C/C(=O)C2CC2)cc1.CSc1ccc(/C=C/C(=O)C2CC2)cc1.Cn1cc(/C=C/C(=O)C2CC2)cn1.O=C(/C=C/c1ccc(Br)cc1F)C1CC1.O=C(/C=C/c1ccc(C2=NN=NC2)cc1)C1CC1.O=C(/C=C/c1ccc(Cl)cc1F)C1CC1.O=C(/C=C/c1ccc(N2CCOCC2)cc1)C1CC1.O=C(/C=C/c1ccc2c(c1)CCO2)C1CC1. The number of allylic oxidation sites excluding steroid dienone is 9. The number of methoxy groups -OCH3 is 1. The molecule has 0 amide bonds. The number of fused-ring (bicyclic) bond motifs is 1. The molecule has 21 rings (SSSR count). The molecular formula is C119H124BrClF2N6O15S2. The Bertz CT molecular complexity index is 6480. The molecule has 4 heterocycles. The third-order valence-corrected chi connectivity index (χ3v) is 27.6. The van der Waals surface area contributed by atoms with Crippen LogP contribution in [0.4, 0.5) is 14.5 Å². The molecule has 9 aromatic rings. The first-order chi connectivity index (χ1) is 70.6. The standard InChI is InChI=1S/C16H19NO2.C15H18O3.C14H13N3O.C14H14O2.C13H14O3S.C13H14OS.C12H10BrFO.C12H10ClFO.C10H12N2O/c18-16(14-4-5-14)8-3-13-1-6-15(7-2-13)17-9-11-19-12-10-17;1-3-18-15-10-11(5-9-14(15)17-2)4-8-13(16)12-6-7-12;18-14(12-6-7-12)8-3-10-1-4-11(5-2-10)13-9-15-17-16-13;15-13(11-3-4-11)5-1-10-2-6-14-12(9-10)7-8-16-14;1-17(15,16)12-7-2-10(3-8-12)4-9-13(14)11-5-6-11;1-15-12-7-2-10(3-8-12)4-9-13(14)11-5-6-11;2*13-10-5-3-8(11(14)7-10)4-6-12(15)9-1-2-9;1-12-7-8(6-11-12)2-5-10(13)9-3-4-9/h1-3,6-8,14H,4-5,9-12H2;4-5,8-10,12H,3,6-7H2,1-2H3;1-5,8,12H,6-7,9H2;1-2,5-6,9,11H,3-4,7-8H2;2-4,7-9,11H,5-6H2,1H3;2-4,7-9,11H,5-6H2,1H3;2*3-7,9H,1-2H2;2,5-7,9H,3-4H2,1H3/b8-3+;8-4+;8-3+;5-1+;2*9-4+;2*6-4+;5-2+. The lowest BCUT2D eigenvalue weighted by atomic mass is 10.1. The number of aromatic nitrogens is 2. The fourth-order valence-electron chi connectivity index (χ4n) is 14.6. The first kappa shape index (κ1) is 110. The molecular weight excluding hydrogens is 1970 g/mol. The van der Waals surface area contributed by atoms with Crippen LogP contribution in [-0.4, -0.2) is 142 Å². The summed E-state index contributed by atoms with van der Waals surface area (Å²) in [5.74, 6) is 6.03. The number of carbonyl (C=O) groups is 9. The van der Waals surface area contributed by atoms with Crippen molar-refractivity contribution in [3.63, 3.8) is 0 Å². The molecule has 12 aliphatic rings. The van der Waals surface area contributed by atoms with Crippen molar-refractivity contribution in [3.8, 4) is 17.2 Å². The van der Waals surface area contributed by atoms with Gasteiger partial charge in [0.15, 0.2) is 73.4 Å². The van der Waals surface area contributed by atoms with Crippen molar-refractivity contribution in [2.75, 3.05) is 70.6 Å². The minimum absolute atomic E-state index is 0.0874. The molecule has 21 nitrogen and oxygen atoms in total.